The maximum atomic E-state index is 12.3. The van der Waals surface area contributed by atoms with Gasteiger partial charge in [-0.25, -0.2) is 9.97 Å². The number of hydrogen-bond donors (Lipinski definition) is 1. The van der Waals surface area contributed by atoms with Crippen molar-refractivity contribution in [3.8, 4) is 0 Å². The van der Waals surface area contributed by atoms with E-state index in [2.05, 4.69) is 15.2 Å². The Labute approximate surface area is 131 Å². The highest BCUT2D eigenvalue weighted by Crippen LogP contribution is 2.38. The molecular weight excluding hydrogens is 276 g/mol. The van der Waals surface area contributed by atoms with Crippen molar-refractivity contribution in [1.29, 1.82) is 0 Å². The summed E-state index contributed by atoms with van der Waals surface area (Å²) in [6, 6.07) is 1.98. The molecule has 3 fully saturated rings. The highest BCUT2D eigenvalue weighted by molar-refractivity contribution is 5.79. The highest BCUT2D eigenvalue weighted by Gasteiger charge is 2.30. The molecule has 3 aliphatic rings. The Morgan fingerprint density at radius 2 is 2.14 bits per heavy atom. The average molecular weight is 300 g/mol. The third-order valence-corrected chi connectivity index (χ3v) is 4.98. The fraction of sp³-hybridized carbons (Fsp3) is 0.706. The number of anilines is 1. The van der Waals surface area contributed by atoms with Crippen LogP contribution in [0, 0.1) is 11.8 Å². The number of hydrogen-bond acceptors (Lipinski definition) is 4. The number of aromatic nitrogens is 2. The van der Waals surface area contributed by atoms with Crippen LogP contribution >= 0.6 is 0 Å². The maximum Gasteiger partial charge on any atom is 0.224 e. The molecule has 2 saturated carbocycles. The fourth-order valence-electron chi connectivity index (χ4n) is 3.19. The number of nitrogens with zero attached hydrogens (tertiary/aromatic N) is 3. The van der Waals surface area contributed by atoms with Gasteiger partial charge in [-0.1, -0.05) is 0 Å². The topological polar surface area (TPSA) is 58.1 Å². The molecule has 1 saturated heterocycles. The Kier molecular flexibility index (Phi) is 3.72. The standard InChI is InChI=1S/C17H24N4O/c22-17(19-10-12-3-4-12)14-2-1-9-21(11-14)15-7-8-18-16(20-15)13-5-6-13/h7-8,12-14H,1-6,9-11H2,(H,19,22)/t14-/m0/s1. The molecule has 118 valence electrons. The van der Waals surface area contributed by atoms with Crippen LogP contribution in [0.25, 0.3) is 0 Å². The minimum atomic E-state index is 0.104. The normalized spacial score (nSPS) is 25.1. The summed E-state index contributed by atoms with van der Waals surface area (Å²) in [7, 11) is 0. The van der Waals surface area contributed by atoms with Gasteiger partial charge >= 0.3 is 0 Å². The molecule has 0 radical (unpaired) electrons. The predicted octanol–water partition coefficient (Wildman–Crippen LogP) is 2.10. The van der Waals surface area contributed by atoms with Gasteiger partial charge in [-0.15, -0.1) is 0 Å². The molecule has 2 aliphatic carbocycles. The van der Waals surface area contributed by atoms with Gasteiger partial charge in [0.05, 0.1) is 5.92 Å². The fourth-order valence-corrected chi connectivity index (χ4v) is 3.19. The zero-order valence-corrected chi connectivity index (χ0v) is 13.0. The smallest absolute Gasteiger partial charge is 0.224 e. The van der Waals surface area contributed by atoms with Gasteiger partial charge in [0.25, 0.3) is 0 Å². The van der Waals surface area contributed by atoms with Crippen molar-refractivity contribution in [2.75, 3.05) is 24.5 Å². The molecule has 0 unspecified atom stereocenters. The van der Waals surface area contributed by atoms with E-state index in [9.17, 15) is 4.79 Å². The number of amides is 1. The van der Waals surface area contributed by atoms with Crippen molar-refractivity contribution in [2.24, 2.45) is 11.8 Å². The first-order valence-corrected chi connectivity index (χ1v) is 8.65. The molecule has 5 nitrogen and oxygen atoms in total. The summed E-state index contributed by atoms with van der Waals surface area (Å²) in [6.45, 7) is 2.65. The maximum absolute atomic E-state index is 12.3. The molecule has 1 aliphatic heterocycles. The quantitative estimate of drug-likeness (QED) is 0.904. The molecule has 2 heterocycles. The number of rotatable bonds is 5. The van der Waals surface area contributed by atoms with Gasteiger partial charge in [0, 0.05) is 31.7 Å². The van der Waals surface area contributed by atoms with Gasteiger partial charge in [-0.05, 0) is 50.5 Å². The summed E-state index contributed by atoms with van der Waals surface area (Å²) < 4.78 is 0. The zero-order valence-electron chi connectivity index (χ0n) is 13.0. The molecule has 0 spiro atoms. The summed E-state index contributed by atoms with van der Waals surface area (Å²) in [5.41, 5.74) is 0. The Balaban J connectivity index is 1.39. The third kappa shape index (κ3) is 3.23. The lowest BCUT2D eigenvalue weighted by molar-refractivity contribution is -0.125. The predicted molar refractivity (Wildman–Crippen MR) is 84.7 cm³/mol. The van der Waals surface area contributed by atoms with Crippen molar-refractivity contribution in [3.63, 3.8) is 0 Å². The second kappa shape index (κ2) is 5.86. The number of carbonyl (C=O) groups is 1. The molecule has 5 heteroatoms. The summed E-state index contributed by atoms with van der Waals surface area (Å²) in [5.74, 6) is 3.63. The molecule has 1 aromatic rings. The Morgan fingerprint density at radius 1 is 1.27 bits per heavy atom. The first-order chi connectivity index (χ1) is 10.8. The van der Waals surface area contributed by atoms with Gasteiger partial charge in [-0.2, -0.15) is 0 Å². The van der Waals surface area contributed by atoms with Crippen LogP contribution in [0.5, 0.6) is 0 Å². The van der Waals surface area contributed by atoms with E-state index in [0.29, 0.717) is 5.92 Å². The molecule has 1 atom stereocenters. The van der Waals surface area contributed by atoms with E-state index in [1.54, 1.807) is 0 Å². The first-order valence-electron chi connectivity index (χ1n) is 8.65. The third-order valence-electron chi connectivity index (χ3n) is 4.98. The number of carbonyl (C=O) groups excluding carboxylic acids is 1. The van der Waals surface area contributed by atoms with Gasteiger partial charge in [0.1, 0.15) is 11.6 Å². The van der Waals surface area contributed by atoms with Gasteiger partial charge in [-0.3, -0.25) is 4.79 Å². The van der Waals surface area contributed by atoms with E-state index in [0.717, 1.165) is 50.0 Å². The van der Waals surface area contributed by atoms with Crippen LogP contribution in [0.15, 0.2) is 12.3 Å². The van der Waals surface area contributed by atoms with Crippen molar-refractivity contribution in [3.05, 3.63) is 18.1 Å². The van der Waals surface area contributed by atoms with E-state index >= 15 is 0 Å². The van der Waals surface area contributed by atoms with E-state index in [4.69, 9.17) is 4.98 Å². The van der Waals surface area contributed by atoms with E-state index < -0.39 is 0 Å². The first kappa shape index (κ1) is 14.0. The SMILES string of the molecule is O=C(NCC1CC1)[C@H]1CCCN(c2ccnc(C3CC3)n2)C1. The molecule has 1 aromatic heterocycles. The lowest BCUT2D eigenvalue weighted by Crippen LogP contribution is -2.43. The largest absolute Gasteiger partial charge is 0.356 e. The van der Waals surface area contributed by atoms with E-state index in [-0.39, 0.29) is 11.8 Å². The molecular formula is C17H24N4O. The van der Waals surface area contributed by atoms with Crippen LogP contribution in [0.1, 0.15) is 50.3 Å². The second-order valence-corrected chi connectivity index (χ2v) is 7.02. The minimum Gasteiger partial charge on any atom is -0.356 e. The monoisotopic (exact) mass is 300 g/mol. The van der Waals surface area contributed by atoms with Crippen molar-refractivity contribution < 1.29 is 4.79 Å². The number of nitrogens with one attached hydrogen (secondary N) is 1. The second-order valence-electron chi connectivity index (χ2n) is 7.02. The van der Waals surface area contributed by atoms with Crippen LogP contribution < -0.4 is 10.2 Å². The molecule has 0 bridgehead atoms. The van der Waals surface area contributed by atoms with Crippen molar-refractivity contribution >= 4 is 11.7 Å². The molecule has 1 amide bonds. The highest BCUT2D eigenvalue weighted by atomic mass is 16.1. The summed E-state index contributed by atoms with van der Waals surface area (Å²) in [6.07, 6.45) is 8.92. The molecule has 22 heavy (non-hydrogen) atoms. The lowest BCUT2D eigenvalue weighted by atomic mass is 9.97. The molecule has 1 N–H and O–H groups in total. The van der Waals surface area contributed by atoms with Gasteiger partial charge < -0.3 is 10.2 Å². The van der Waals surface area contributed by atoms with Gasteiger partial charge in [0.2, 0.25) is 5.91 Å². The lowest BCUT2D eigenvalue weighted by Gasteiger charge is -2.33. The van der Waals surface area contributed by atoms with Crippen LogP contribution in [0.3, 0.4) is 0 Å². The summed E-state index contributed by atoms with van der Waals surface area (Å²) >= 11 is 0. The van der Waals surface area contributed by atoms with Crippen molar-refractivity contribution in [1.82, 2.24) is 15.3 Å². The van der Waals surface area contributed by atoms with Gasteiger partial charge in [0.15, 0.2) is 0 Å². The Hall–Kier alpha value is -1.65. The zero-order chi connectivity index (χ0) is 14.9. The Bertz CT molecular complexity index is 553. The van der Waals surface area contributed by atoms with Crippen LogP contribution in [-0.2, 0) is 4.79 Å². The van der Waals surface area contributed by atoms with Crippen molar-refractivity contribution in [2.45, 2.75) is 44.4 Å². The molecule has 0 aromatic carbocycles. The van der Waals surface area contributed by atoms with Crippen LogP contribution in [0.4, 0.5) is 5.82 Å². The van der Waals surface area contributed by atoms with E-state index in [1.807, 2.05) is 12.3 Å². The number of piperidine rings is 1. The summed E-state index contributed by atoms with van der Waals surface area (Å²) in [5, 5.41) is 3.13. The van der Waals surface area contributed by atoms with Crippen LogP contribution in [0.2, 0.25) is 0 Å². The minimum absolute atomic E-state index is 0.104. The molecule has 4 rings (SSSR count). The Morgan fingerprint density at radius 3 is 2.91 bits per heavy atom. The summed E-state index contributed by atoms with van der Waals surface area (Å²) in [4.78, 5) is 23.7. The average Bonchev–Trinajstić information content (AvgIpc) is 3.46. The van der Waals surface area contributed by atoms with E-state index in [1.165, 1.54) is 25.7 Å². The van der Waals surface area contributed by atoms with Crippen LogP contribution in [-0.4, -0.2) is 35.5 Å².